The van der Waals surface area contributed by atoms with Crippen molar-refractivity contribution in [1.29, 1.82) is 0 Å². The molecule has 1 aromatic carbocycles. The number of hydrogen-bond acceptors (Lipinski definition) is 1. The fraction of sp³-hybridized carbons (Fsp3) is 0.353. The van der Waals surface area contributed by atoms with E-state index in [1.54, 1.807) is 0 Å². The van der Waals surface area contributed by atoms with Crippen molar-refractivity contribution in [2.45, 2.75) is 32.9 Å². The van der Waals surface area contributed by atoms with Gasteiger partial charge < -0.3 is 14.8 Å². The molecule has 2 aromatic rings. The third-order valence-corrected chi connectivity index (χ3v) is 4.62. The highest BCUT2D eigenvalue weighted by atomic mass is 35.5. The van der Waals surface area contributed by atoms with Crippen LogP contribution in [0.4, 0.5) is 14.9 Å². The van der Waals surface area contributed by atoms with Crippen molar-refractivity contribution in [3.05, 3.63) is 52.6 Å². The highest BCUT2D eigenvalue weighted by Crippen LogP contribution is 2.31. The molecule has 0 spiro atoms. The van der Waals surface area contributed by atoms with Gasteiger partial charge in [-0.3, -0.25) is 0 Å². The normalized spacial score (nSPS) is 17.0. The molecule has 0 radical (unpaired) electrons. The van der Waals surface area contributed by atoms with Gasteiger partial charge >= 0.3 is 6.03 Å². The van der Waals surface area contributed by atoms with Crippen molar-refractivity contribution >= 4 is 23.3 Å². The third kappa shape index (κ3) is 2.93. The standard InChI is InChI=1S/C17H19ClFN3O/c1-3-15-16-7-4-11(2)21(16)8-9-22(15)17(23)20-12-5-6-14(19)13(18)10-12/h4-7,10,15H,3,8-9H2,1-2H3,(H,20,23). The summed E-state index contributed by atoms with van der Waals surface area (Å²) < 4.78 is 15.5. The highest BCUT2D eigenvalue weighted by Gasteiger charge is 2.30. The van der Waals surface area contributed by atoms with Crippen LogP contribution < -0.4 is 5.32 Å². The number of nitrogens with zero attached hydrogens (tertiary/aromatic N) is 2. The maximum atomic E-state index is 13.2. The first-order valence-electron chi connectivity index (χ1n) is 7.70. The van der Waals surface area contributed by atoms with Crippen LogP contribution in [0.1, 0.15) is 30.8 Å². The van der Waals surface area contributed by atoms with E-state index in [2.05, 4.69) is 35.9 Å². The summed E-state index contributed by atoms with van der Waals surface area (Å²) in [7, 11) is 0. The molecule has 1 atom stereocenters. The summed E-state index contributed by atoms with van der Waals surface area (Å²) in [6, 6.07) is 8.19. The fourth-order valence-electron chi connectivity index (χ4n) is 3.15. The van der Waals surface area contributed by atoms with Crippen LogP contribution >= 0.6 is 11.6 Å². The maximum absolute atomic E-state index is 13.2. The van der Waals surface area contributed by atoms with E-state index in [0.29, 0.717) is 12.2 Å². The number of aryl methyl sites for hydroxylation is 1. The Labute approximate surface area is 139 Å². The van der Waals surface area contributed by atoms with Gasteiger partial charge in [0.15, 0.2) is 0 Å². The Morgan fingerprint density at radius 2 is 2.13 bits per heavy atom. The molecule has 0 bridgehead atoms. The number of nitrogens with one attached hydrogen (secondary N) is 1. The second-order valence-corrected chi connectivity index (χ2v) is 6.13. The molecule has 4 nitrogen and oxygen atoms in total. The van der Waals surface area contributed by atoms with Crippen molar-refractivity contribution in [1.82, 2.24) is 9.47 Å². The van der Waals surface area contributed by atoms with Crippen molar-refractivity contribution < 1.29 is 9.18 Å². The van der Waals surface area contributed by atoms with Crippen LogP contribution in [0, 0.1) is 12.7 Å². The highest BCUT2D eigenvalue weighted by molar-refractivity contribution is 6.31. The predicted molar refractivity (Wildman–Crippen MR) is 89.3 cm³/mol. The van der Waals surface area contributed by atoms with Gasteiger partial charge in [-0.25, -0.2) is 9.18 Å². The first-order valence-corrected chi connectivity index (χ1v) is 8.07. The van der Waals surface area contributed by atoms with Crippen molar-refractivity contribution in [2.75, 3.05) is 11.9 Å². The van der Waals surface area contributed by atoms with Crippen LogP contribution in [0.3, 0.4) is 0 Å². The average molecular weight is 336 g/mol. The Balaban J connectivity index is 1.80. The molecular weight excluding hydrogens is 317 g/mol. The molecular formula is C17H19ClFN3O. The summed E-state index contributed by atoms with van der Waals surface area (Å²) in [6.45, 7) is 5.56. The van der Waals surface area contributed by atoms with Gasteiger partial charge in [0.1, 0.15) is 5.82 Å². The van der Waals surface area contributed by atoms with Crippen molar-refractivity contribution in [3.8, 4) is 0 Å². The maximum Gasteiger partial charge on any atom is 0.322 e. The lowest BCUT2D eigenvalue weighted by Gasteiger charge is -2.37. The number of hydrogen-bond donors (Lipinski definition) is 1. The van der Waals surface area contributed by atoms with Crippen LogP contribution in [-0.2, 0) is 6.54 Å². The number of benzene rings is 1. The van der Waals surface area contributed by atoms with Gasteiger partial charge in [-0.05, 0) is 43.7 Å². The number of anilines is 1. The molecule has 2 heterocycles. The van der Waals surface area contributed by atoms with Crippen LogP contribution in [0.5, 0.6) is 0 Å². The molecule has 1 unspecified atom stereocenters. The third-order valence-electron chi connectivity index (χ3n) is 4.33. The molecule has 0 aliphatic carbocycles. The average Bonchev–Trinajstić information content (AvgIpc) is 2.91. The molecule has 1 aliphatic heterocycles. The molecule has 122 valence electrons. The van der Waals surface area contributed by atoms with E-state index in [0.717, 1.165) is 18.7 Å². The second kappa shape index (κ2) is 6.24. The lowest BCUT2D eigenvalue weighted by Crippen LogP contribution is -2.44. The Morgan fingerprint density at radius 1 is 1.35 bits per heavy atom. The predicted octanol–water partition coefficient (Wildman–Crippen LogP) is 4.59. The molecule has 0 saturated carbocycles. The molecule has 0 fully saturated rings. The Kier molecular flexibility index (Phi) is 4.31. The summed E-state index contributed by atoms with van der Waals surface area (Å²) in [4.78, 5) is 14.4. The minimum atomic E-state index is -0.498. The zero-order valence-corrected chi connectivity index (χ0v) is 13.9. The van der Waals surface area contributed by atoms with Crippen LogP contribution in [0.15, 0.2) is 30.3 Å². The van der Waals surface area contributed by atoms with E-state index in [1.165, 1.54) is 23.9 Å². The summed E-state index contributed by atoms with van der Waals surface area (Å²) in [5.74, 6) is -0.498. The molecule has 1 N–H and O–H groups in total. The zero-order valence-electron chi connectivity index (χ0n) is 13.1. The topological polar surface area (TPSA) is 37.3 Å². The van der Waals surface area contributed by atoms with E-state index in [9.17, 15) is 9.18 Å². The molecule has 6 heteroatoms. The number of aromatic nitrogens is 1. The van der Waals surface area contributed by atoms with E-state index in [4.69, 9.17) is 11.6 Å². The van der Waals surface area contributed by atoms with Crippen LogP contribution in [-0.4, -0.2) is 22.0 Å². The van der Waals surface area contributed by atoms with Crippen molar-refractivity contribution in [3.63, 3.8) is 0 Å². The Bertz CT molecular complexity index is 743. The Hall–Kier alpha value is -2.01. The number of carbonyl (C=O) groups is 1. The molecule has 2 amide bonds. The number of rotatable bonds is 2. The van der Waals surface area contributed by atoms with Gasteiger partial charge in [0.05, 0.1) is 11.1 Å². The number of urea groups is 1. The fourth-order valence-corrected chi connectivity index (χ4v) is 3.33. The minimum absolute atomic E-state index is 0.00186. The van der Waals surface area contributed by atoms with Gasteiger partial charge in [0, 0.05) is 30.2 Å². The van der Waals surface area contributed by atoms with Gasteiger partial charge in [-0.1, -0.05) is 18.5 Å². The van der Waals surface area contributed by atoms with Gasteiger partial charge in [-0.15, -0.1) is 0 Å². The van der Waals surface area contributed by atoms with Crippen molar-refractivity contribution in [2.24, 2.45) is 0 Å². The van der Waals surface area contributed by atoms with E-state index >= 15 is 0 Å². The largest absolute Gasteiger partial charge is 0.345 e. The van der Waals surface area contributed by atoms with Gasteiger partial charge in [0.2, 0.25) is 0 Å². The SMILES string of the molecule is CCC1c2ccc(C)n2CCN1C(=O)Nc1ccc(F)c(Cl)c1. The monoisotopic (exact) mass is 335 g/mol. The lowest BCUT2D eigenvalue weighted by molar-refractivity contribution is 0.165. The molecule has 1 aliphatic rings. The van der Waals surface area contributed by atoms with Gasteiger partial charge in [0.25, 0.3) is 0 Å². The number of fused-ring (bicyclic) bond motifs is 1. The van der Waals surface area contributed by atoms with E-state index < -0.39 is 5.82 Å². The molecule has 0 saturated heterocycles. The Morgan fingerprint density at radius 3 is 2.83 bits per heavy atom. The van der Waals surface area contributed by atoms with E-state index in [1.807, 2.05) is 4.90 Å². The number of amides is 2. The first kappa shape index (κ1) is 15.9. The summed E-state index contributed by atoms with van der Waals surface area (Å²) in [5, 5.41) is 2.81. The number of carbonyl (C=O) groups excluding carboxylic acids is 1. The summed E-state index contributed by atoms with van der Waals surface area (Å²) in [6.07, 6.45) is 0.834. The second-order valence-electron chi connectivity index (χ2n) is 5.73. The quantitative estimate of drug-likeness (QED) is 0.856. The number of halogens is 2. The molecule has 1 aromatic heterocycles. The van der Waals surface area contributed by atoms with Crippen LogP contribution in [0.25, 0.3) is 0 Å². The minimum Gasteiger partial charge on any atom is -0.345 e. The lowest BCUT2D eigenvalue weighted by atomic mass is 10.1. The van der Waals surface area contributed by atoms with Gasteiger partial charge in [-0.2, -0.15) is 0 Å². The smallest absolute Gasteiger partial charge is 0.322 e. The summed E-state index contributed by atoms with van der Waals surface area (Å²) in [5.41, 5.74) is 2.86. The van der Waals surface area contributed by atoms with E-state index in [-0.39, 0.29) is 17.1 Å². The van der Waals surface area contributed by atoms with Crippen LogP contribution in [0.2, 0.25) is 5.02 Å². The first-order chi connectivity index (χ1) is 11.0. The molecule has 23 heavy (non-hydrogen) atoms. The molecule has 3 rings (SSSR count). The summed E-state index contributed by atoms with van der Waals surface area (Å²) >= 11 is 5.77. The zero-order chi connectivity index (χ0) is 16.6.